The molecule has 0 unspecified atom stereocenters. The summed E-state index contributed by atoms with van der Waals surface area (Å²) in [6.45, 7) is 1.50. The maximum atomic E-state index is 12.3. The minimum absolute atomic E-state index is 0.185. The highest BCUT2D eigenvalue weighted by atomic mass is 19.4. The van der Waals surface area contributed by atoms with Crippen molar-refractivity contribution in [3.8, 4) is 12.3 Å². The van der Waals surface area contributed by atoms with Gasteiger partial charge in [0.25, 0.3) is 0 Å². The van der Waals surface area contributed by atoms with Crippen LogP contribution in [-0.4, -0.2) is 9.78 Å². The normalized spacial score (nSPS) is 11.4. The first-order valence-electron chi connectivity index (χ1n) is 3.45. The number of aryl methyl sites for hydroxylation is 1. The summed E-state index contributed by atoms with van der Waals surface area (Å²) in [7, 11) is 1.42. The smallest absolute Gasteiger partial charge is 0.271 e. The third-order valence-electron chi connectivity index (χ3n) is 1.75. The third kappa shape index (κ3) is 1.52. The van der Waals surface area contributed by atoms with Gasteiger partial charge in [0.2, 0.25) is 0 Å². The van der Waals surface area contributed by atoms with Crippen LogP contribution in [0.3, 0.4) is 0 Å². The number of hydrogen-bond donors (Lipinski definition) is 0. The lowest BCUT2D eigenvalue weighted by atomic mass is 10.2. The summed E-state index contributed by atoms with van der Waals surface area (Å²) >= 11 is 0. The summed E-state index contributed by atoms with van der Waals surface area (Å²) in [4.78, 5) is 0. The average molecular weight is 188 g/mol. The zero-order valence-corrected chi connectivity index (χ0v) is 7.11. The molecule has 2 nitrogen and oxygen atoms in total. The second kappa shape index (κ2) is 2.80. The summed E-state index contributed by atoms with van der Waals surface area (Å²) in [6, 6.07) is 0. The van der Waals surface area contributed by atoms with Crippen molar-refractivity contribution in [1.82, 2.24) is 9.78 Å². The van der Waals surface area contributed by atoms with Gasteiger partial charge in [-0.3, -0.25) is 4.68 Å². The van der Waals surface area contributed by atoms with E-state index in [4.69, 9.17) is 6.42 Å². The van der Waals surface area contributed by atoms with Crippen molar-refractivity contribution in [2.24, 2.45) is 7.05 Å². The van der Waals surface area contributed by atoms with Crippen LogP contribution in [0.4, 0.5) is 13.2 Å². The van der Waals surface area contributed by atoms with E-state index < -0.39 is 11.9 Å². The molecule has 13 heavy (non-hydrogen) atoms. The molecule has 0 amide bonds. The Bertz CT molecular complexity index is 368. The zero-order valence-electron chi connectivity index (χ0n) is 7.11. The summed E-state index contributed by atoms with van der Waals surface area (Å²) in [5, 5.41) is 3.30. The SMILES string of the molecule is C#Cc1c(C(F)(F)F)nn(C)c1C. The Morgan fingerprint density at radius 3 is 2.31 bits per heavy atom. The van der Waals surface area contributed by atoms with Gasteiger partial charge in [0.05, 0.1) is 11.3 Å². The molecular weight excluding hydrogens is 181 g/mol. The maximum Gasteiger partial charge on any atom is 0.436 e. The van der Waals surface area contributed by atoms with Crippen LogP contribution >= 0.6 is 0 Å². The van der Waals surface area contributed by atoms with Crippen molar-refractivity contribution in [2.45, 2.75) is 13.1 Å². The van der Waals surface area contributed by atoms with Gasteiger partial charge in [-0.05, 0) is 6.92 Å². The average Bonchev–Trinajstić information content (AvgIpc) is 2.28. The van der Waals surface area contributed by atoms with E-state index in [1.165, 1.54) is 14.0 Å². The van der Waals surface area contributed by atoms with E-state index in [0.29, 0.717) is 5.69 Å². The lowest BCUT2D eigenvalue weighted by molar-refractivity contribution is -0.141. The predicted molar refractivity (Wildman–Crippen MR) is 40.9 cm³/mol. The van der Waals surface area contributed by atoms with Gasteiger partial charge in [0, 0.05) is 7.05 Å². The highest BCUT2D eigenvalue weighted by Gasteiger charge is 2.37. The Hall–Kier alpha value is -1.44. The second-order valence-corrected chi connectivity index (χ2v) is 2.57. The number of hydrogen-bond acceptors (Lipinski definition) is 1. The third-order valence-corrected chi connectivity index (χ3v) is 1.75. The maximum absolute atomic E-state index is 12.3. The Balaban J connectivity index is 3.41. The lowest BCUT2D eigenvalue weighted by Gasteiger charge is -2.01. The highest BCUT2D eigenvalue weighted by Crippen LogP contribution is 2.31. The van der Waals surface area contributed by atoms with Crippen molar-refractivity contribution in [3.05, 3.63) is 17.0 Å². The Kier molecular flexibility index (Phi) is 2.08. The van der Waals surface area contributed by atoms with Gasteiger partial charge in [-0.2, -0.15) is 18.3 Å². The fourth-order valence-electron chi connectivity index (χ4n) is 0.979. The minimum atomic E-state index is -4.48. The van der Waals surface area contributed by atoms with Crippen LogP contribution in [0, 0.1) is 19.3 Å². The summed E-state index contributed by atoms with van der Waals surface area (Å²) in [5.41, 5.74) is -0.833. The van der Waals surface area contributed by atoms with E-state index in [1.807, 2.05) is 5.92 Å². The molecule has 5 heteroatoms. The number of rotatable bonds is 0. The van der Waals surface area contributed by atoms with E-state index in [9.17, 15) is 13.2 Å². The van der Waals surface area contributed by atoms with E-state index in [1.54, 1.807) is 0 Å². The zero-order chi connectivity index (χ0) is 10.2. The highest BCUT2D eigenvalue weighted by molar-refractivity contribution is 5.41. The van der Waals surface area contributed by atoms with Gasteiger partial charge < -0.3 is 0 Å². The Morgan fingerprint density at radius 2 is 2.00 bits per heavy atom. The van der Waals surface area contributed by atoms with Gasteiger partial charge in [-0.15, -0.1) is 6.42 Å². The van der Waals surface area contributed by atoms with Crippen LogP contribution in [0.1, 0.15) is 17.0 Å². The predicted octanol–water partition coefficient (Wildman–Crippen LogP) is 1.73. The molecule has 70 valence electrons. The molecule has 0 bridgehead atoms. The van der Waals surface area contributed by atoms with Crippen molar-refractivity contribution < 1.29 is 13.2 Å². The van der Waals surface area contributed by atoms with Crippen molar-refractivity contribution >= 4 is 0 Å². The number of nitrogens with zero attached hydrogens (tertiary/aromatic N) is 2. The standard InChI is InChI=1S/C8H7F3N2/c1-4-6-5(2)13(3)12-7(6)8(9,10)11/h1H,2-3H3. The summed E-state index contributed by atoms with van der Waals surface area (Å²) in [5.74, 6) is 1.99. The molecule has 0 aliphatic carbocycles. The van der Waals surface area contributed by atoms with Gasteiger partial charge in [0.15, 0.2) is 5.69 Å². The van der Waals surface area contributed by atoms with Crippen LogP contribution in [0.2, 0.25) is 0 Å². The van der Waals surface area contributed by atoms with E-state index >= 15 is 0 Å². The molecule has 0 spiro atoms. The first-order valence-corrected chi connectivity index (χ1v) is 3.45. The molecule has 1 heterocycles. The number of alkyl halides is 3. The summed E-state index contributed by atoms with van der Waals surface area (Å²) in [6.07, 6.45) is 0.480. The van der Waals surface area contributed by atoms with Crippen LogP contribution in [-0.2, 0) is 13.2 Å². The molecule has 1 rings (SSSR count). The second-order valence-electron chi connectivity index (χ2n) is 2.57. The van der Waals surface area contributed by atoms with E-state index in [2.05, 4.69) is 5.10 Å². The molecule has 0 saturated heterocycles. The molecule has 1 aromatic heterocycles. The molecule has 0 atom stereocenters. The van der Waals surface area contributed by atoms with Gasteiger partial charge >= 0.3 is 6.18 Å². The quantitative estimate of drug-likeness (QED) is 0.567. The van der Waals surface area contributed by atoms with Gasteiger partial charge in [0.1, 0.15) is 0 Å². The monoisotopic (exact) mass is 188 g/mol. The molecule has 0 aromatic carbocycles. The molecule has 0 aliphatic rings. The Morgan fingerprint density at radius 1 is 1.46 bits per heavy atom. The van der Waals surface area contributed by atoms with Crippen molar-refractivity contribution in [1.29, 1.82) is 0 Å². The first-order chi connectivity index (χ1) is 5.88. The fourth-order valence-corrected chi connectivity index (χ4v) is 0.979. The van der Waals surface area contributed by atoms with Crippen LogP contribution in [0.15, 0.2) is 0 Å². The molecule has 0 radical (unpaired) electrons. The van der Waals surface area contributed by atoms with E-state index in [-0.39, 0.29) is 5.56 Å². The number of halogens is 3. The van der Waals surface area contributed by atoms with Crippen LogP contribution in [0.5, 0.6) is 0 Å². The molecule has 0 saturated carbocycles. The minimum Gasteiger partial charge on any atom is -0.271 e. The molecule has 0 aliphatic heterocycles. The molecule has 1 aromatic rings. The van der Waals surface area contributed by atoms with Crippen molar-refractivity contribution in [3.63, 3.8) is 0 Å². The number of terminal acetylenes is 1. The van der Waals surface area contributed by atoms with Gasteiger partial charge in [-0.25, -0.2) is 0 Å². The fraction of sp³-hybridized carbons (Fsp3) is 0.375. The van der Waals surface area contributed by atoms with E-state index in [0.717, 1.165) is 4.68 Å². The molecule has 0 fully saturated rings. The number of aromatic nitrogens is 2. The van der Waals surface area contributed by atoms with Gasteiger partial charge in [-0.1, -0.05) is 5.92 Å². The first kappa shape index (κ1) is 9.65. The lowest BCUT2D eigenvalue weighted by Crippen LogP contribution is -2.08. The van der Waals surface area contributed by atoms with Crippen LogP contribution in [0.25, 0.3) is 0 Å². The molecular formula is C8H7F3N2. The van der Waals surface area contributed by atoms with Crippen LogP contribution < -0.4 is 0 Å². The largest absolute Gasteiger partial charge is 0.436 e. The van der Waals surface area contributed by atoms with Crippen molar-refractivity contribution in [2.75, 3.05) is 0 Å². The molecule has 0 N–H and O–H groups in total. The summed E-state index contributed by atoms with van der Waals surface area (Å²) < 4.78 is 37.9. The Labute approximate surface area is 73.4 Å². The topological polar surface area (TPSA) is 17.8 Å².